The second-order valence-electron chi connectivity index (χ2n) is 25.2. The third kappa shape index (κ3) is 10.4. The highest BCUT2D eigenvalue weighted by atomic mass is 15.2. The van der Waals surface area contributed by atoms with Crippen LogP contribution in [0.1, 0.15) is 22.3 Å². The van der Waals surface area contributed by atoms with E-state index in [2.05, 4.69) is 367 Å². The van der Waals surface area contributed by atoms with E-state index in [9.17, 15) is 0 Å². The van der Waals surface area contributed by atoms with Crippen LogP contribution in [-0.2, 0) is 0 Å². The molecular formula is C91H65N5. The summed E-state index contributed by atoms with van der Waals surface area (Å²) in [5.74, 6) is 0.564. The highest BCUT2D eigenvalue weighted by Crippen LogP contribution is 2.43. The topological polar surface area (TPSA) is 39.2 Å². The fourth-order valence-electron chi connectivity index (χ4n) is 14.2. The van der Waals surface area contributed by atoms with Gasteiger partial charge in [0.2, 0.25) is 5.96 Å². The molecule has 96 heavy (non-hydrogen) atoms. The third-order valence-electron chi connectivity index (χ3n) is 19.1. The van der Waals surface area contributed by atoms with Crippen LogP contribution in [0.15, 0.2) is 346 Å². The van der Waals surface area contributed by atoms with Crippen LogP contribution in [0.4, 0.5) is 0 Å². The molecule has 3 aromatic heterocycles. The molecule has 5 nitrogen and oxygen atoms in total. The molecule has 1 N–H and O–H groups in total. The number of aliphatic imine (C=N–C) groups is 1. The zero-order valence-corrected chi connectivity index (χ0v) is 53.4. The molecule has 0 atom stereocenters. The van der Waals surface area contributed by atoms with Crippen molar-refractivity contribution >= 4 is 82.8 Å². The van der Waals surface area contributed by atoms with E-state index in [0.717, 1.165) is 94.2 Å². The summed E-state index contributed by atoms with van der Waals surface area (Å²) in [6, 6.07) is 119. The molecule has 0 radical (unpaired) electrons. The summed E-state index contributed by atoms with van der Waals surface area (Å²) in [6.07, 6.45) is 0. The van der Waals surface area contributed by atoms with Gasteiger partial charge in [-0.25, -0.2) is 4.99 Å². The largest absolute Gasteiger partial charge is 0.325 e. The molecule has 0 aliphatic rings. The minimum atomic E-state index is 0.564. The van der Waals surface area contributed by atoms with E-state index >= 15 is 0 Å². The number of nitrogens with zero attached hydrogens (tertiary/aromatic N) is 4. The third-order valence-corrected chi connectivity index (χ3v) is 19.1. The number of rotatable bonds is 12. The predicted octanol–water partition coefficient (Wildman–Crippen LogP) is 23.7. The lowest BCUT2D eigenvalue weighted by molar-refractivity contribution is 1.11. The van der Waals surface area contributed by atoms with Crippen molar-refractivity contribution in [1.29, 1.82) is 0 Å². The molecule has 0 unspecified atom stereocenters. The van der Waals surface area contributed by atoms with Crippen LogP contribution < -0.4 is 5.32 Å². The lowest BCUT2D eigenvalue weighted by atomic mass is 9.93. The van der Waals surface area contributed by atoms with Gasteiger partial charge in [-0.2, -0.15) is 0 Å². The Balaban J connectivity index is 0.898. The van der Waals surface area contributed by atoms with E-state index in [4.69, 9.17) is 11.6 Å². The molecule has 5 heteroatoms. The molecule has 0 saturated carbocycles. The maximum Gasteiger partial charge on any atom is 0.213 e. The molecule has 0 fully saturated rings. The van der Waals surface area contributed by atoms with E-state index in [-0.39, 0.29) is 0 Å². The Kier molecular flexibility index (Phi) is 14.2. The van der Waals surface area contributed by atoms with Gasteiger partial charge >= 0.3 is 0 Å². The molecule has 0 spiro atoms. The highest BCUT2D eigenvalue weighted by Gasteiger charge is 2.23. The maximum atomic E-state index is 5.59. The minimum Gasteiger partial charge on any atom is -0.325 e. The fraction of sp³-hybridized carbons (Fsp3) is 0.0220. The Labute approximate surface area is 558 Å². The summed E-state index contributed by atoms with van der Waals surface area (Å²) in [5.41, 5.74) is 27.8. The van der Waals surface area contributed by atoms with Crippen molar-refractivity contribution < 1.29 is 0 Å². The van der Waals surface area contributed by atoms with Gasteiger partial charge in [-0.15, -0.1) is 0 Å². The molecule has 14 aromatic carbocycles. The van der Waals surface area contributed by atoms with E-state index < -0.39 is 0 Å². The van der Waals surface area contributed by atoms with Gasteiger partial charge in [0.05, 0.1) is 38.8 Å². The Bertz CT molecular complexity index is 5510. The van der Waals surface area contributed by atoms with Crippen molar-refractivity contribution in [3.63, 3.8) is 0 Å². The van der Waals surface area contributed by atoms with Crippen LogP contribution in [0.25, 0.3) is 155 Å². The van der Waals surface area contributed by atoms with Gasteiger partial charge in [0.1, 0.15) is 0 Å². The number of para-hydroxylation sites is 2. The number of hydrogen-bond donors (Lipinski definition) is 1. The van der Waals surface area contributed by atoms with E-state index in [0.29, 0.717) is 17.4 Å². The molecule has 0 aliphatic carbocycles. The van der Waals surface area contributed by atoms with Crippen molar-refractivity contribution in [3.05, 3.63) is 363 Å². The van der Waals surface area contributed by atoms with Crippen LogP contribution in [-0.4, -0.2) is 19.7 Å². The highest BCUT2D eigenvalue weighted by molar-refractivity contribution is 6.18. The number of aryl methyl sites for hydroxylation is 2. The van der Waals surface area contributed by atoms with Crippen LogP contribution >= 0.6 is 0 Å². The second kappa shape index (κ2) is 23.8. The summed E-state index contributed by atoms with van der Waals surface area (Å²) >= 11 is 0. The van der Waals surface area contributed by atoms with Crippen molar-refractivity contribution in [2.24, 2.45) is 4.99 Å². The number of benzene rings is 14. The van der Waals surface area contributed by atoms with Crippen molar-refractivity contribution in [1.82, 2.24) is 19.0 Å². The van der Waals surface area contributed by atoms with E-state index in [1.807, 2.05) is 0 Å². The van der Waals surface area contributed by atoms with Gasteiger partial charge in [0.25, 0.3) is 0 Å². The van der Waals surface area contributed by atoms with Crippen molar-refractivity contribution in [2.45, 2.75) is 13.8 Å². The first kappa shape index (κ1) is 57.3. The maximum absolute atomic E-state index is 5.59. The average molecular weight is 1230 g/mol. The summed E-state index contributed by atoms with van der Waals surface area (Å²) < 4.78 is 7.18. The standard InChI is InChI=1S/C91H65N5/c1-59-33-37-63(38-34-59)61(3)92-91(93-62(4)64-39-35-60(2)36-40-64)96-89-57-77(94-85-31-19-17-29-79(85)81-45-41-69(55-87(81)94)75-51-71(65-21-9-5-10-22-65)49-72(52-75)66-23-11-6-12-24-66)43-47-83(89)84-48-44-78(58-90(84)96)95-86-32-20-18-30-80(86)82-46-42-70(56-88(82)95)76-53-73(67-25-13-7-14-26-67)50-74(54-76)68-27-15-8-16-28-68/h5-58H,3-4H2,1-2H3,(H,92,93). The first-order valence-electron chi connectivity index (χ1n) is 32.8. The molecule has 3 heterocycles. The normalized spacial score (nSPS) is 11.8. The fourth-order valence-corrected chi connectivity index (χ4v) is 14.2. The Morgan fingerprint density at radius 3 is 0.990 bits per heavy atom. The monoisotopic (exact) mass is 1230 g/mol. The van der Waals surface area contributed by atoms with Gasteiger partial charge in [0, 0.05) is 49.4 Å². The molecule has 0 saturated heterocycles. The lowest BCUT2D eigenvalue weighted by Gasteiger charge is -2.18. The van der Waals surface area contributed by atoms with Gasteiger partial charge in [-0.05, 0) is 177 Å². The van der Waals surface area contributed by atoms with E-state index in [1.54, 1.807) is 0 Å². The molecule has 0 bridgehead atoms. The van der Waals surface area contributed by atoms with Crippen LogP contribution in [0, 0.1) is 13.8 Å². The molecule has 17 aromatic rings. The smallest absolute Gasteiger partial charge is 0.213 e. The summed E-state index contributed by atoms with van der Waals surface area (Å²) in [4.78, 5) is 5.59. The number of aromatic nitrogens is 3. The van der Waals surface area contributed by atoms with Crippen LogP contribution in [0.3, 0.4) is 0 Å². The predicted molar refractivity (Wildman–Crippen MR) is 407 cm³/mol. The Morgan fingerprint density at radius 2 is 0.594 bits per heavy atom. The van der Waals surface area contributed by atoms with Gasteiger partial charge in [-0.1, -0.05) is 267 Å². The zero-order chi connectivity index (χ0) is 64.4. The van der Waals surface area contributed by atoms with Crippen molar-refractivity contribution in [3.8, 4) is 78.1 Å². The molecular weight excluding hydrogens is 1160 g/mol. The number of nitrogens with one attached hydrogen (secondary N) is 1. The van der Waals surface area contributed by atoms with Crippen LogP contribution in [0.2, 0.25) is 0 Å². The quantitative estimate of drug-likeness (QED) is 0.0961. The second-order valence-corrected chi connectivity index (χ2v) is 25.2. The average Bonchev–Trinajstić information content (AvgIpc) is 1.55. The lowest BCUT2D eigenvalue weighted by Crippen LogP contribution is -2.29. The summed E-state index contributed by atoms with van der Waals surface area (Å²) in [6.45, 7) is 13.6. The SMILES string of the molecule is C=C(N=C(NC(=C)c1ccc(C)cc1)n1c2cc(-n3c4ccccc4c4ccc(-c5cc(-c6ccccc6)cc(-c6ccccc6)c5)cc43)ccc2c2ccc(-n3c4ccccc4c4ccc(-c5cc(-c6ccccc6)cc(-c6ccccc6)c5)cc43)cc21)c1ccc(C)cc1. The molecule has 0 amide bonds. The molecule has 454 valence electrons. The first-order chi connectivity index (χ1) is 47.2. The number of hydrogen-bond acceptors (Lipinski definition) is 1. The summed E-state index contributed by atoms with van der Waals surface area (Å²) in [5, 5.41) is 10.7. The van der Waals surface area contributed by atoms with Crippen LogP contribution in [0.5, 0.6) is 0 Å². The minimum absolute atomic E-state index is 0.564. The zero-order valence-electron chi connectivity index (χ0n) is 53.4. The Hall–Kier alpha value is -12.6. The molecule has 0 aliphatic heterocycles. The van der Waals surface area contributed by atoms with Gasteiger partial charge < -0.3 is 14.5 Å². The molecule has 17 rings (SSSR count). The van der Waals surface area contributed by atoms with Crippen molar-refractivity contribution in [2.75, 3.05) is 0 Å². The number of fused-ring (bicyclic) bond motifs is 9. The summed E-state index contributed by atoms with van der Waals surface area (Å²) in [7, 11) is 0. The Morgan fingerprint density at radius 1 is 0.271 bits per heavy atom. The van der Waals surface area contributed by atoms with E-state index in [1.165, 1.54) is 71.6 Å². The van der Waals surface area contributed by atoms with Gasteiger partial charge in [-0.3, -0.25) is 4.57 Å². The van der Waals surface area contributed by atoms with Gasteiger partial charge in [0.15, 0.2) is 0 Å². The first-order valence-corrected chi connectivity index (χ1v) is 32.8.